The number of imidazole rings is 1. The Morgan fingerprint density at radius 2 is 1.79 bits per heavy atom. The maximum Gasteiger partial charge on any atom is 0.330 e. The molecular formula is C23H32N4O2. The van der Waals surface area contributed by atoms with E-state index in [2.05, 4.69) is 4.98 Å². The lowest BCUT2D eigenvalue weighted by Crippen LogP contribution is -2.35. The fourth-order valence-corrected chi connectivity index (χ4v) is 5.83. The Morgan fingerprint density at radius 3 is 2.59 bits per heavy atom. The lowest BCUT2D eigenvalue weighted by Gasteiger charge is -2.22. The summed E-state index contributed by atoms with van der Waals surface area (Å²) in [5.41, 5.74) is 1.79. The molecule has 156 valence electrons. The van der Waals surface area contributed by atoms with Gasteiger partial charge in [0.25, 0.3) is 0 Å². The van der Waals surface area contributed by atoms with Crippen molar-refractivity contribution in [3.63, 3.8) is 0 Å². The summed E-state index contributed by atoms with van der Waals surface area (Å²) < 4.78 is 3.85. The van der Waals surface area contributed by atoms with E-state index in [9.17, 15) is 9.59 Å². The van der Waals surface area contributed by atoms with Crippen molar-refractivity contribution in [2.24, 2.45) is 11.8 Å². The van der Waals surface area contributed by atoms with Crippen LogP contribution in [0.5, 0.6) is 0 Å². The van der Waals surface area contributed by atoms with Crippen molar-refractivity contribution in [1.29, 1.82) is 0 Å². The van der Waals surface area contributed by atoms with Crippen LogP contribution in [0, 0.1) is 11.8 Å². The molecule has 0 N–H and O–H groups in total. The van der Waals surface area contributed by atoms with Gasteiger partial charge in [-0.05, 0) is 50.2 Å². The first kappa shape index (κ1) is 18.9. The first-order chi connectivity index (χ1) is 14.2. The zero-order valence-corrected chi connectivity index (χ0v) is 17.3. The van der Waals surface area contributed by atoms with Gasteiger partial charge in [0, 0.05) is 31.7 Å². The van der Waals surface area contributed by atoms with Gasteiger partial charge in [0.05, 0.1) is 11.6 Å². The number of likely N-dealkylation sites (tertiary alicyclic amines) is 1. The van der Waals surface area contributed by atoms with Gasteiger partial charge in [0.1, 0.15) is 0 Å². The van der Waals surface area contributed by atoms with Crippen LogP contribution in [-0.2, 0) is 11.3 Å². The van der Waals surface area contributed by atoms with Gasteiger partial charge in [-0.1, -0.05) is 32.1 Å². The van der Waals surface area contributed by atoms with Crippen LogP contribution in [0.1, 0.15) is 70.3 Å². The van der Waals surface area contributed by atoms with E-state index in [1.165, 1.54) is 44.9 Å². The van der Waals surface area contributed by atoms with E-state index in [1.54, 1.807) is 6.20 Å². The highest BCUT2D eigenvalue weighted by Crippen LogP contribution is 2.31. The highest BCUT2D eigenvalue weighted by Gasteiger charge is 2.34. The van der Waals surface area contributed by atoms with E-state index in [0.717, 1.165) is 43.5 Å². The number of nitrogens with zero attached hydrogens (tertiary/aromatic N) is 4. The standard InChI is InChI=1S/C23H32N4O2/c28-22(18-9-4-5-10-18)25-14-12-19(16-25)27-21-20(11-6-13-24-21)26(23(27)29)15-17-7-2-1-3-8-17/h6,11,13,17-19H,1-5,7-10,12,14-16H2/t19-/m1/s1. The van der Waals surface area contributed by atoms with Crippen LogP contribution in [0.4, 0.5) is 0 Å². The van der Waals surface area contributed by atoms with Crippen LogP contribution in [0.25, 0.3) is 11.2 Å². The Labute approximate surface area is 171 Å². The third-order valence-corrected chi connectivity index (χ3v) is 7.43. The lowest BCUT2D eigenvalue weighted by atomic mass is 9.89. The second-order valence-corrected chi connectivity index (χ2v) is 9.32. The summed E-state index contributed by atoms with van der Waals surface area (Å²) >= 11 is 0. The Hall–Kier alpha value is -2.11. The summed E-state index contributed by atoms with van der Waals surface area (Å²) in [6.45, 7) is 2.20. The van der Waals surface area contributed by atoms with Crippen LogP contribution in [0.2, 0.25) is 0 Å². The summed E-state index contributed by atoms with van der Waals surface area (Å²) in [6.07, 6.45) is 13.3. The molecule has 2 aromatic rings. The average molecular weight is 397 g/mol. The van der Waals surface area contributed by atoms with Crippen LogP contribution >= 0.6 is 0 Å². The first-order valence-electron chi connectivity index (χ1n) is 11.6. The molecule has 0 radical (unpaired) electrons. The topological polar surface area (TPSA) is 60.1 Å². The van der Waals surface area contributed by atoms with E-state index in [-0.39, 0.29) is 17.6 Å². The van der Waals surface area contributed by atoms with Crippen molar-refractivity contribution in [2.75, 3.05) is 13.1 Å². The average Bonchev–Trinajstić information content (AvgIpc) is 3.49. The van der Waals surface area contributed by atoms with Crippen molar-refractivity contribution < 1.29 is 4.79 Å². The van der Waals surface area contributed by atoms with E-state index in [4.69, 9.17) is 0 Å². The molecule has 3 fully saturated rings. The molecule has 2 saturated carbocycles. The van der Waals surface area contributed by atoms with E-state index in [1.807, 2.05) is 26.2 Å². The molecule has 6 nitrogen and oxygen atoms in total. The molecule has 3 heterocycles. The molecule has 1 saturated heterocycles. The summed E-state index contributed by atoms with van der Waals surface area (Å²) in [4.78, 5) is 32.9. The zero-order chi connectivity index (χ0) is 19.8. The third-order valence-electron chi connectivity index (χ3n) is 7.43. The van der Waals surface area contributed by atoms with Crippen molar-refractivity contribution in [3.8, 4) is 0 Å². The molecule has 0 spiro atoms. The highest BCUT2D eigenvalue weighted by atomic mass is 16.2. The number of rotatable bonds is 4. The second-order valence-electron chi connectivity index (χ2n) is 9.32. The summed E-state index contributed by atoms with van der Waals surface area (Å²) in [7, 11) is 0. The van der Waals surface area contributed by atoms with Crippen molar-refractivity contribution in [2.45, 2.75) is 76.8 Å². The first-order valence-corrected chi connectivity index (χ1v) is 11.6. The van der Waals surface area contributed by atoms with Gasteiger partial charge in [-0.3, -0.25) is 13.9 Å². The number of hydrogen-bond acceptors (Lipinski definition) is 3. The maximum absolute atomic E-state index is 13.5. The van der Waals surface area contributed by atoms with Crippen LogP contribution in [0.15, 0.2) is 23.1 Å². The van der Waals surface area contributed by atoms with Crippen molar-refractivity contribution in [3.05, 3.63) is 28.8 Å². The van der Waals surface area contributed by atoms with Crippen LogP contribution < -0.4 is 5.69 Å². The number of carbonyl (C=O) groups excluding carboxylic acids is 1. The quantitative estimate of drug-likeness (QED) is 0.791. The predicted molar refractivity (Wildman–Crippen MR) is 113 cm³/mol. The fourth-order valence-electron chi connectivity index (χ4n) is 5.83. The van der Waals surface area contributed by atoms with Gasteiger partial charge in [0.2, 0.25) is 5.91 Å². The van der Waals surface area contributed by atoms with Crippen molar-refractivity contribution in [1.82, 2.24) is 19.0 Å². The monoisotopic (exact) mass is 396 g/mol. The lowest BCUT2D eigenvalue weighted by molar-refractivity contribution is -0.134. The largest absolute Gasteiger partial charge is 0.340 e. The van der Waals surface area contributed by atoms with Gasteiger partial charge in [-0.15, -0.1) is 0 Å². The Kier molecular flexibility index (Phi) is 5.18. The molecule has 0 bridgehead atoms. The molecule has 6 heteroatoms. The van der Waals surface area contributed by atoms with Gasteiger partial charge < -0.3 is 4.90 Å². The number of carbonyl (C=O) groups is 1. The van der Waals surface area contributed by atoms with Gasteiger partial charge in [-0.25, -0.2) is 9.78 Å². The van der Waals surface area contributed by atoms with E-state index >= 15 is 0 Å². The Balaban J connectivity index is 1.42. The summed E-state index contributed by atoms with van der Waals surface area (Å²) in [6, 6.07) is 3.99. The normalized spacial score (nSPS) is 24.0. The highest BCUT2D eigenvalue weighted by molar-refractivity contribution is 5.79. The molecule has 1 amide bonds. The molecule has 1 aliphatic heterocycles. The SMILES string of the molecule is O=C(C1CCCC1)N1CC[C@@H](n2c(=O)n(CC3CCCCC3)c3cccnc32)C1. The van der Waals surface area contributed by atoms with E-state index in [0.29, 0.717) is 18.4 Å². The van der Waals surface area contributed by atoms with Crippen molar-refractivity contribution >= 4 is 17.1 Å². The fraction of sp³-hybridized carbons (Fsp3) is 0.696. The molecule has 2 aliphatic carbocycles. The van der Waals surface area contributed by atoms with Gasteiger partial charge >= 0.3 is 5.69 Å². The molecule has 2 aromatic heterocycles. The van der Waals surface area contributed by atoms with E-state index < -0.39 is 0 Å². The minimum atomic E-state index is 0.0397. The number of amides is 1. The molecule has 29 heavy (non-hydrogen) atoms. The second kappa shape index (κ2) is 7.96. The molecule has 5 rings (SSSR count). The number of aromatic nitrogens is 3. The van der Waals surface area contributed by atoms with Crippen LogP contribution in [-0.4, -0.2) is 38.0 Å². The molecule has 3 aliphatic rings. The summed E-state index contributed by atoms with van der Waals surface area (Å²) in [5, 5.41) is 0. The minimum absolute atomic E-state index is 0.0397. The van der Waals surface area contributed by atoms with Gasteiger partial charge in [-0.2, -0.15) is 0 Å². The third kappa shape index (κ3) is 3.51. The number of hydrogen-bond donors (Lipinski definition) is 0. The molecular weight excluding hydrogens is 364 g/mol. The predicted octanol–water partition coefficient (Wildman–Crippen LogP) is 3.74. The Bertz CT molecular complexity index is 934. The van der Waals surface area contributed by atoms with Crippen LogP contribution in [0.3, 0.4) is 0 Å². The smallest absolute Gasteiger partial charge is 0.330 e. The molecule has 1 atom stereocenters. The number of fused-ring (bicyclic) bond motifs is 1. The minimum Gasteiger partial charge on any atom is -0.340 e. The molecule has 0 unspecified atom stereocenters. The zero-order valence-electron chi connectivity index (χ0n) is 17.3. The summed E-state index contributed by atoms with van der Waals surface area (Å²) in [5.74, 6) is 1.10. The number of pyridine rings is 1. The van der Waals surface area contributed by atoms with Gasteiger partial charge in [0.15, 0.2) is 5.65 Å². The Morgan fingerprint density at radius 1 is 1.03 bits per heavy atom. The maximum atomic E-state index is 13.5. The molecule has 0 aromatic carbocycles.